The highest BCUT2D eigenvalue weighted by atomic mass is 16.4. The largest absolute Gasteiger partial charge is 0.446 e. The van der Waals surface area contributed by atoms with Crippen LogP contribution in [0.4, 0.5) is 0 Å². The fourth-order valence-electron chi connectivity index (χ4n) is 15.5. The molecule has 12 aromatic rings. The van der Waals surface area contributed by atoms with Crippen LogP contribution in [0.2, 0.25) is 0 Å². The number of aryl methyl sites for hydroxylation is 4. The van der Waals surface area contributed by atoms with Gasteiger partial charge in [0.1, 0.15) is 17.6 Å². The third-order valence-electron chi connectivity index (χ3n) is 20.9. The van der Waals surface area contributed by atoms with Crippen LogP contribution in [0, 0.1) is 50.4 Å². The van der Waals surface area contributed by atoms with Crippen LogP contribution in [0.15, 0.2) is 151 Å². The van der Waals surface area contributed by atoms with Crippen LogP contribution in [0.1, 0.15) is 137 Å². The molecule has 0 spiro atoms. The maximum Gasteiger partial charge on any atom is 0.267 e. The van der Waals surface area contributed by atoms with Gasteiger partial charge in [-0.15, -0.1) is 0 Å². The number of aliphatic hydroxyl groups excluding tert-OH is 3. The Morgan fingerprint density at radius 1 is 0.505 bits per heavy atom. The Labute approximate surface area is 601 Å². The third-order valence-corrected chi connectivity index (χ3v) is 20.9. The average molecular weight is 1380 g/mol. The molecule has 4 unspecified atom stereocenters. The van der Waals surface area contributed by atoms with E-state index in [0.29, 0.717) is 48.8 Å². The molecule has 0 bridgehead atoms. The summed E-state index contributed by atoms with van der Waals surface area (Å²) in [6.07, 6.45) is 8.47. The van der Waals surface area contributed by atoms with Gasteiger partial charge in [-0.25, -0.2) is 9.97 Å². The predicted molar refractivity (Wildman–Crippen MR) is 401 cm³/mol. The molecule has 11 heterocycles. The lowest BCUT2D eigenvalue weighted by Gasteiger charge is -2.27. The molecule has 0 radical (unpaired) electrons. The zero-order valence-corrected chi connectivity index (χ0v) is 60.4. The lowest BCUT2D eigenvalue weighted by Crippen LogP contribution is -2.31. The summed E-state index contributed by atoms with van der Waals surface area (Å²) in [4.78, 5) is 33.4. The monoisotopic (exact) mass is 1380 g/mol. The summed E-state index contributed by atoms with van der Waals surface area (Å²) >= 11 is 0. The Bertz CT molecular complexity index is 5000. The van der Waals surface area contributed by atoms with Crippen molar-refractivity contribution in [3.8, 4) is 12.1 Å². The van der Waals surface area contributed by atoms with Crippen molar-refractivity contribution in [3.63, 3.8) is 0 Å². The normalized spacial score (nSPS) is 16.1. The van der Waals surface area contributed by atoms with E-state index in [1.54, 1.807) is 49.5 Å². The highest BCUT2D eigenvalue weighted by Gasteiger charge is 2.33. The first-order valence-electron chi connectivity index (χ1n) is 35.5. The summed E-state index contributed by atoms with van der Waals surface area (Å²) in [6.45, 7) is 19.9. The lowest BCUT2D eigenvalue weighted by atomic mass is 10.0. The topological polar surface area (TPSA) is 256 Å². The minimum absolute atomic E-state index is 0.202. The number of oxazole rings is 1. The van der Waals surface area contributed by atoms with E-state index in [2.05, 4.69) is 182 Å². The molecule has 16 rings (SSSR count). The molecule has 4 aliphatic rings. The van der Waals surface area contributed by atoms with Gasteiger partial charge in [0.25, 0.3) is 5.91 Å². The first-order chi connectivity index (χ1) is 49.5. The molecule has 103 heavy (non-hydrogen) atoms. The van der Waals surface area contributed by atoms with Gasteiger partial charge in [-0.3, -0.25) is 9.78 Å². The molecule has 0 saturated heterocycles. The van der Waals surface area contributed by atoms with E-state index in [0.717, 1.165) is 106 Å². The Hall–Kier alpha value is -10.1. The molecule has 4 aliphatic heterocycles. The molecule has 0 aliphatic carbocycles. The van der Waals surface area contributed by atoms with Crippen LogP contribution in [0.3, 0.4) is 0 Å². The summed E-state index contributed by atoms with van der Waals surface area (Å²) in [6, 6.07) is 43.7. The number of benzene rings is 5. The Morgan fingerprint density at radius 3 is 1.30 bits per heavy atom. The number of aromatic nitrogens is 7. The number of carbonyl (C=O) groups excluding carboxylic acids is 1. The number of rotatable bonds is 13. The molecule has 1 amide bonds. The van der Waals surface area contributed by atoms with Gasteiger partial charge in [-0.1, -0.05) is 65.2 Å². The smallest absolute Gasteiger partial charge is 0.267 e. The maximum atomic E-state index is 11.2. The highest BCUT2D eigenvalue weighted by Crippen LogP contribution is 2.38. The number of likely N-dealkylation sites (N-methyl/N-ethyl adjacent to an activating group) is 4. The van der Waals surface area contributed by atoms with Crippen LogP contribution in [0.25, 0.3) is 43.7 Å². The summed E-state index contributed by atoms with van der Waals surface area (Å²) in [5.41, 5.74) is 28.0. The second kappa shape index (κ2) is 30.1. The van der Waals surface area contributed by atoms with Gasteiger partial charge < -0.3 is 68.4 Å². The van der Waals surface area contributed by atoms with Gasteiger partial charge in [0, 0.05) is 157 Å². The second-order valence-corrected chi connectivity index (χ2v) is 29.0. The molecule has 7 aromatic heterocycles. The summed E-state index contributed by atoms with van der Waals surface area (Å²) in [7, 11) is 8.60. The van der Waals surface area contributed by atoms with Crippen molar-refractivity contribution in [3.05, 3.63) is 253 Å². The van der Waals surface area contributed by atoms with E-state index in [9.17, 15) is 25.2 Å². The van der Waals surface area contributed by atoms with E-state index in [4.69, 9.17) is 20.7 Å². The molecule has 20 nitrogen and oxygen atoms in total. The molecule has 0 fully saturated rings. The average Bonchev–Trinajstić information content (AvgIpc) is 1.62. The number of carbonyl (C=O) groups is 1. The molecular weight excluding hydrogens is 1290 g/mol. The van der Waals surface area contributed by atoms with Gasteiger partial charge in [0.15, 0.2) is 5.60 Å². The SMILES string of the molecule is Cc1ccc2c(c1)c1c(n2CC(C)(O)c2ncco2)CCN(C)C1.Cc1ccc2c(c1)c1c(n2CC(O)c2ccc(C#N)cc2)CCN(C)C1.Cc1ccc2c(c1)c1c(n2CC(O)c2ccc(C(N)=O)nc2)CCN(C)C1.Cc1cnc2c(c1)c1c(n2CC(O)c2ccc(C#N)cc2)CCN(C)C1. The van der Waals surface area contributed by atoms with Crippen molar-refractivity contribution in [2.24, 2.45) is 5.73 Å². The van der Waals surface area contributed by atoms with E-state index in [1.165, 1.54) is 107 Å². The number of pyridine rings is 2. The molecule has 4 atom stereocenters. The van der Waals surface area contributed by atoms with Crippen molar-refractivity contribution in [1.29, 1.82) is 10.5 Å². The molecule has 6 N–H and O–H groups in total. The van der Waals surface area contributed by atoms with Crippen LogP contribution in [0.5, 0.6) is 0 Å². The van der Waals surface area contributed by atoms with E-state index in [1.807, 2.05) is 30.5 Å². The molecule has 5 aromatic carbocycles. The number of nitriles is 2. The number of aliphatic hydroxyl groups is 4. The summed E-state index contributed by atoms with van der Waals surface area (Å²) in [5, 5.41) is 66.3. The summed E-state index contributed by atoms with van der Waals surface area (Å²) in [5.74, 6) is -0.209. The minimum atomic E-state index is -1.14. The minimum Gasteiger partial charge on any atom is -0.446 e. The zero-order valence-electron chi connectivity index (χ0n) is 60.4. The Morgan fingerprint density at radius 2 is 0.893 bits per heavy atom. The van der Waals surface area contributed by atoms with Crippen molar-refractivity contribution in [1.82, 2.24) is 52.8 Å². The maximum absolute atomic E-state index is 11.2. The fraction of sp³-hybridized carbons (Fsp3) is 0.349. The van der Waals surface area contributed by atoms with Crippen molar-refractivity contribution < 1.29 is 29.6 Å². The fourth-order valence-corrected chi connectivity index (χ4v) is 15.5. The van der Waals surface area contributed by atoms with Gasteiger partial charge in [-0.2, -0.15) is 10.5 Å². The van der Waals surface area contributed by atoms with Crippen molar-refractivity contribution in [2.45, 2.75) is 137 Å². The highest BCUT2D eigenvalue weighted by molar-refractivity contribution is 5.91. The van der Waals surface area contributed by atoms with E-state index in [-0.39, 0.29) is 5.69 Å². The Kier molecular flexibility index (Phi) is 20.8. The molecule has 0 saturated carbocycles. The number of nitrogens with two attached hydrogens (primary N) is 1. The molecule has 530 valence electrons. The third kappa shape index (κ3) is 15.1. The van der Waals surface area contributed by atoms with Crippen LogP contribution < -0.4 is 5.73 Å². The number of fused-ring (bicyclic) bond motifs is 12. The summed E-state index contributed by atoms with van der Waals surface area (Å²) < 4.78 is 14.3. The number of amides is 1. The van der Waals surface area contributed by atoms with Gasteiger partial charge >= 0.3 is 0 Å². The van der Waals surface area contributed by atoms with E-state index >= 15 is 0 Å². The van der Waals surface area contributed by atoms with Gasteiger partial charge in [0.2, 0.25) is 5.89 Å². The number of primary amides is 1. The first-order valence-corrected chi connectivity index (χ1v) is 35.5. The Balaban J connectivity index is 0.000000122. The number of nitrogens with zero attached hydrogens (tertiary/aromatic N) is 13. The lowest BCUT2D eigenvalue weighted by molar-refractivity contribution is 0.0115. The van der Waals surface area contributed by atoms with Gasteiger partial charge in [-0.05, 0) is 175 Å². The van der Waals surface area contributed by atoms with Crippen LogP contribution >= 0.6 is 0 Å². The van der Waals surface area contributed by atoms with Crippen LogP contribution in [-0.2, 0) is 83.6 Å². The zero-order chi connectivity index (χ0) is 72.5. The number of hydrogen-bond acceptors (Lipinski definition) is 15. The molecular formula is C83H92N14O6. The van der Waals surface area contributed by atoms with Crippen molar-refractivity contribution in [2.75, 3.05) is 54.4 Å². The van der Waals surface area contributed by atoms with Gasteiger partial charge in [0.05, 0.1) is 74.0 Å². The standard InChI is InChI=1S/C22H23N3O.C21H24N4O2.C21H22N4O.C19H23N3O2/c1-15-3-8-20-18(11-15)19-13-24(2)10-9-21(19)25(20)14-22(26)17-6-4-16(12-23)5-7-17;1-13-3-6-18-15(9-13)16-11-24(2)8-7-19(16)25(18)12-20(26)14-4-5-17(21(22)27)23-10-14;1-14-9-17-18-12-24(2)8-7-19(18)25(21(17)23-11-14)13-20(26)16-5-3-15(10-22)4-6-16;1-13-4-5-16-14(10-13)15-11-21(3)8-6-17(15)22(16)12-19(2,23)18-20-7-9-24-18/h3-8,11,22,26H,9-10,13-14H2,1-2H3;3-6,9-10,20,26H,7-8,11-12H2,1-2H3,(H2,22,27);3-6,9,11,20,26H,7-8,12-13H2,1-2H3;4-5,7,9-10,23H,6,8,11-12H2,1-3H3. The first kappa shape index (κ1) is 71.3. The molecule has 20 heteroatoms. The quantitative estimate of drug-likeness (QED) is 0.0719. The number of hydrogen-bond donors (Lipinski definition) is 5. The van der Waals surface area contributed by atoms with E-state index < -0.39 is 29.8 Å². The van der Waals surface area contributed by atoms with Crippen LogP contribution in [-0.4, -0.2) is 134 Å². The van der Waals surface area contributed by atoms with Crippen molar-refractivity contribution >= 4 is 49.6 Å². The second-order valence-electron chi connectivity index (χ2n) is 29.0. The predicted octanol–water partition coefficient (Wildman–Crippen LogP) is 11.5.